The Morgan fingerprint density at radius 1 is 1.29 bits per heavy atom. The van der Waals surface area contributed by atoms with Crippen LogP contribution < -0.4 is 16.4 Å². The van der Waals surface area contributed by atoms with E-state index < -0.39 is 6.04 Å². The Balaban J connectivity index is 2.79. The van der Waals surface area contributed by atoms with Crippen LogP contribution in [-0.4, -0.2) is 38.1 Å². The van der Waals surface area contributed by atoms with Gasteiger partial charge in [0, 0.05) is 13.7 Å². The molecule has 0 saturated carbocycles. The molecule has 1 rings (SSSR count). The van der Waals surface area contributed by atoms with Crippen LogP contribution in [0.2, 0.25) is 0 Å². The van der Waals surface area contributed by atoms with Crippen molar-refractivity contribution >= 4 is 17.5 Å². The largest absolute Gasteiger partial charge is 0.383 e. The average molecular weight is 293 g/mol. The third kappa shape index (κ3) is 5.53. The third-order valence-electron chi connectivity index (χ3n) is 2.78. The van der Waals surface area contributed by atoms with Crippen molar-refractivity contribution in [2.75, 3.05) is 25.6 Å². The van der Waals surface area contributed by atoms with Crippen molar-refractivity contribution in [1.29, 1.82) is 0 Å². The predicted octanol–water partition coefficient (Wildman–Crippen LogP) is 0.985. The lowest BCUT2D eigenvalue weighted by Gasteiger charge is -2.15. The zero-order chi connectivity index (χ0) is 15.8. The summed E-state index contributed by atoms with van der Waals surface area (Å²) in [7, 11) is 1.47. The average Bonchev–Trinajstić information content (AvgIpc) is 2.45. The van der Waals surface area contributed by atoms with E-state index in [1.54, 1.807) is 24.3 Å². The van der Waals surface area contributed by atoms with E-state index in [4.69, 9.17) is 10.5 Å². The fourth-order valence-corrected chi connectivity index (χ4v) is 1.66. The summed E-state index contributed by atoms with van der Waals surface area (Å²) >= 11 is 0. The maximum Gasteiger partial charge on any atom is 0.253 e. The normalized spacial score (nSPS) is 12.0. The van der Waals surface area contributed by atoms with Crippen molar-refractivity contribution in [3.8, 4) is 0 Å². The van der Waals surface area contributed by atoms with Gasteiger partial charge in [-0.15, -0.1) is 0 Å². The van der Waals surface area contributed by atoms with Crippen molar-refractivity contribution in [2.24, 2.45) is 11.7 Å². The molecular formula is C15H23N3O3. The highest BCUT2D eigenvalue weighted by atomic mass is 16.5. The summed E-state index contributed by atoms with van der Waals surface area (Å²) in [5.74, 6) is -0.258. The van der Waals surface area contributed by atoms with Crippen LogP contribution in [0.3, 0.4) is 0 Å². The van der Waals surface area contributed by atoms with Gasteiger partial charge < -0.3 is 21.1 Å². The van der Waals surface area contributed by atoms with Crippen LogP contribution in [-0.2, 0) is 9.53 Å². The fraction of sp³-hybridized carbons (Fsp3) is 0.467. The van der Waals surface area contributed by atoms with Crippen LogP contribution in [0.25, 0.3) is 0 Å². The van der Waals surface area contributed by atoms with E-state index in [2.05, 4.69) is 10.6 Å². The Bertz CT molecular complexity index is 489. The van der Waals surface area contributed by atoms with Crippen molar-refractivity contribution < 1.29 is 14.3 Å². The number of para-hydroxylation sites is 1. The number of nitrogens with one attached hydrogen (secondary N) is 2. The highest BCUT2D eigenvalue weighted by Crippen LogP contribution is 2.15. The number of ether oxygens (including phenoxy) is 1. The van der Waals surface area contributed by atoms with Gasteiger partial charge in [0.15, 0.2) is 0 Å². The van der Waals surface area contributed by atoms with Crippen LogP contribution in [0, 0.1) is 5.92 Å². The molecule has 21 heavy (non-hydrogen) atoms. The number of anilines is 1. The Morgan fingerprint density at radius 2 is 1.95 bits per heavy atom. The van der Waals surface area contributed by atoms with Gasteiger partial charge in [-0.3, -0.25) is 9.59 Å². The molecule has 0 aliphatic rings. The summed E-state index contributed by atoms with van der Waals surface area (Å²) in [5, 5.41) is 5.48. The first kappa shape index (κ1) is 17.1. The molecule has 0 aliphatic heterocycles. The molecule has 6 nitrogen and oxygen atoms in total. The van der Waals surface area contributed by atoms with Gasteiger partial charge in [-0.05, 0) is 18.1 Å². The first-order chi connectivity index (χ1) is 9.95. The van der Waals surface area contributed by atoms with E-state index in [1.165, 1.54) is 7.11 Å². The molecule has 0 saturated heterocycles. The second-order valence-electron chi connectivity index (χ2n) is 5.20. The lowest BCUT2D eigenvalue weighted by atomic mass is 10.1. The Kier molecular flexibility index (Phi) is 6.84. The maximum atomic E-state index is 12.1. The maximum absolute atomic E-state index is 12.1. The minimum absolute atomic E-state index is 0.119. The summed E-state index contributed by atoms with van der Waals surface area (Å²) in [4.78, 5) is 24.0. The monoisotopic (exact) mass is 293 g/mol. The summed E-state index contributed by atoms with van der Waals surface area (Å²) in [6.45, 7) is 4.72. The highest BCUT2D eigenvalue weighted by molar-refractivity contribution is 6.04. The Morgan fingerprint density at radius 3 is 2.57 bits per heavy atom. The van der Waals surface area contributed by atoms with Crippen LogP contribution in [0.4, 0.5) is 5.69 Å². The van der Waals surface area contributed by atoms with E-state index in [9.17, 15) is 9.59 Å². The zero-order valence-corrected chi connectivity index (χ0v) is 12.7. The van der Waals surface area contributed by atoms with Gasteiger partial charge in [-0.1, -0.05) is 26.0 Å². The summed E-state index contributed by atoms with van der Waals surface area (Å²) < 4.78 is 4.84. The van der Waals surface area contributed by atoms with E-state index in [0.29, 0.717) is 23.7 Å². The topological polar surface area (TPSA) is 93.4 Å². The molecule has 1 unspecified atom stereocenters. The molecule has 1 aromatic rings. The molecule has 1 atom stereocenters. The molecule has 0 spiro atoms. The van der Waals surface area contributed by atoms with Gasteiger partial charge in [0.2, 0.25) is 5.91 Å². The molecule has 2 amide bonds. The number of amides is 2. The number of rotatable bonds is 7. The van der Waals surface area contributed by atoms with Crippen molar-refractivity contribution in [2.45, 2.75) is 19.9 Å². The molecule has 4 N–H and O–H groups in total. The Hall–Kier alpha value is -1.92. The van der Waals surface area contributed by atoms with Crippen LogP contribution in [0.1, 0.15) is 24.2 Å². The molecule has 0 fully saturated rings. The fourth-order valence-electron chi connectivity index (χ4n) is 1.66. The second kappa shape index (κ2) is 8.39. The number of carbonyl (C=O) groups excluding carboxylic acids is 2. The molecule has 0 heterocycles. The van der Waals surface area contributed by atoms with Gasteiger partial charge in [0.1, 0.15) is 6.04 Å². The zero-order valence-electron chi connectivity index (χ0n) is 12.7. The number of hydrogen-bond donors (Lipinski definition) is 3. The molecule has 0 aliphatic carbocycles. The molecule has 6 heteroatoms. The molecule has 0 radical (unpaired) electrons. The smallest absolute Gasteiger partial charge is 0.253 e. The van der Waals surface area contributed by atoms with Crippen LogP contribution >= 0.6 is 0 Å². The molecule has 0 bridgehead atoms. The van der Waals surface area contributed by atoms with Crippen LogP contribution in [0.5, 0.6) is 0 Å². The summed E-state index contributed by atoms with van der Waals surface area (Å²) in [6, 6.07) is 6.04. The predicted molar refractivity (Wildman–Crippen MR) is 82.1 cm³/mol. The van der Waals surface area contributed by atoms with Crippen molar-refractivity contribution in [3.05, 3.63) is 29.8 Å². The van der Waals surface area contributed by atoms with Crippen molar-refractivity contribution in [1.82, 2.24) is 5.32 Å². The number of benzene rings is 1. The quantitative estimate of drug-likeness (QED) is 0.698. The first-order valence-electron chi connectivity index (χ1n) is 6.88. The SMILES string of the molecule is COCC(N)C(=O)Nc1ccccc1C(=O)NCC(C)C. The molecule has 1 aromatic carbocycles. The summed E-state index contributed by atoms with van der Waals surface area (Å²) in [5.41, 5.74) is 6.52. The standard InChI is InChI=1S/C15H23N3O3/c1-10(2)8-17-14(19)11-6-4-5-7-13(11)18-15(20)12(16)9-21-3/h4-7,10,12H,8-9,16H2,1-3H3,(H,17,19)(H,18,20). The number of nitrogens with two attached hydrogens (primary N) is 1. The van der Waals surface area contributed by atoms with Gasteiger partial charge in [-0.2, -0.15) is 0 Å². The van der Waals surface area contributed by atoms with E-state index in [1.807, 2.05) is 13.8 Å². The van der Waals surface area contributed by atoms with E-state index in [0.717, 1.165) is 0 Å². The highest BCUT2D eigenvalue weighted by Gasteiger charge is 2.17. The lowest BCUT2D eigenvalue weighted by Crippen LogP contribution is -2.39. The van der Waals surface area contributed by atoms with E-state index in [-0.39, 0.29) is 18.4 Å². The van der Waals surface area contributed by atoms with Crippen molar-refractivity contribution in [3.63, 3.8) is 0 Å². The van der Waals surface area contributed by atoms with Gasteiger partial charge in [0.25, 0.3) is 5.91 Å². The number of carbonyl (C=O) groups is 2. The first-order valence-corrected chi connectivity index (χ1v) is 6.88. The van der Waals surface area contributed by atoms with Crippen LogP contribution in [0.15, 0.2) is 24.3 Å². The molecule has 0 aromatic heterocycles. The van der Waals surface area contributed by atoms with Gasteiger partial charge in [-0.25, -0.2) is 0 Å². The lowest BCUT2D eigenvalue weighted by molar-refractivity contribution is -0.118. The van der Waals surface area contributed by atoms with Gasteiger partial charge in [0.05, 0.1) is 17.9 Å². The van der Waals surface area contributed by atoms with E-state index >= 15 is 0 Å². The van der Waals surface area contributed by atoms with Gasteiger partial charge >= 0.3 is 0 Å². The summed E-state index contributed by atoms with van der Waals surface area (Å²) in [6.07, 6.45) is 0. The second-order valence-corrected chi connectivity index (χ2v) is 5.20. The molecular weight excluding hydrogens is 270 g/mol. The molecule has 116 valence electrons. The number of hydrogen-bond acceptors (Lipinski definition) is 4. The number of methoxy groups -OCH3 is 1. The minimum Gasteiger partial charge on any atom is -0.383 e. The Labute approximate surface area is 125 Å². The minimum atomic E-state index is -0.776. The third-order valence-corrected chi connectivity index (χ3v) is 2.78.